The highest BCUT2D eigenvalue weighted by Crippen LogP contribution is 2.41. The molecule has 0 fully saturated rings. The highest BCUT2D eigenvalue weighted by Gasteiger charge is 2.42. The number of nitrogens with zero attached hydrogens (tertiary/aromatic N) is 2. The number of rotatable bonds is 10. The molecule has 2 heterocycles. The highest BCUT2D eigenvalue weighted by atomic mass is 28.3. The highest BCUT2D eigenvalue weighted by molar-refractivity contribution is 7.20. The van der Waals surface area contributed by atoms with E-state index in [2.05, 4.69) is 312 Å². The zero-order chi connectivity index (χ0) is 49.7. The fourth-order valence-electron chi connectivity index (χ4n) is 12.1. The van der Waals surface area contributed by atoms with Crippen LogP contribution in [0.25, 0.3) is 99.5 Å². The number of hydrogen-bond acceptors (Lipinski definition) is 0. The lowest BCUT2D eigenvalue weighted by molar-refractivity contribution is 1.17. The van der Waals surface area contributed by atoms with Gasteiger partial charge in [-0.25, -0.2) is 0 Å². The summed E-state index contributed by atoms with van der Waals surface area (Å²) in [4.78, 5) is 0. The van der Waals surface area contributed by atoms with Gasteiger partial charge in [0.15, 0.2) is 8.07 Å². The quantitative estimate of drug-likeness (QED) is 0.0955. The van der Waals surface area contributed by atoms with Crippen molar-refractivity contribution in [3.05, 3.63) is 303 Å². The monoisotopic (exact) mass is 970 g/mol. The van der Waals surface area contributed by atoms with E-state index in [0.29, 0.717) is 0 Å². The van der Waals surface area contributed by atoms with Gasteiger partial charge in [-0.3, -0.25) is 0 Å². The van der Waals surface area contributed by atoms with Crippen LogP contribution in [0.5, 0.6) is 0 Å². The largest absolute Gasteiger partial charge is 0.309 e. The van der Waals surface area contributed by atoms with Crippen LogP contribution in [0, 0.1) is 0 Å². The van der Waals surface area contributed by atoms with Crippen molar-refractivity contribution in [2.75, 3.05) is 0 Å². The van der Waals surface area contributed by atoms with Crippen LogP contribution in [0.3, 0.4) is 0 Å². The van der Waals surface area contributed by atoms with Crippen LogP contribution < -0.4 is 20.7 Å². The molecule has 3 heteroatoms. The standard InChI is InChI=1S/C72H50N2Si/c1-5-22-51(23-6-1)54-28-17-31-57(46-54)64-40-21-43-71-72(64)66-39-14-16-42-69(66)74(71)59-44-45-70-67(50-59)65-38-13-15-41-68(65)73(70)58-32-20-37-63(49-58)75(60-33-11-4-12-34-60,61-35-18-29-55(47-61)52-24-7-2-8-25-52)62-36-19-30-56(48-62)53-26-9-3-10-27-53/h1-50H. The molecule has 0 saturated carbocycles. The third kappa shape index (κ3) is 7.47. The first-order valence-electron chi connectivity index (χ1n) is 25.9. The Morgan fingerprint density at radius 2 is 0.613 bits per heavy atom. The summed E-state index contributed by atoms with van der Waals surface area (Å²) in [5.41, 5.74) is 16.7. The molecule has 75 heavy (non-hydrogen) atoms. The molecule has 352 valence electrons. The van der Waals surface area contributed by atoms with Crippen molar-refractivity contribution in [2.45, 2.75) is 0 Å². The molecule has 2 nitrogen and oxygen atoms in total. The molecule has 0 aliphatic rings. The molecule has 0 bridgehead atoms. The Labute approximate surface area is 438 Å². The Kier molecular flexibility index (Phi) is 10.9. The molecule has 0 unspecified atom stereocenters. The third-order valence-electron chi connectivity index (χ3n) is 15.4. The van der Waals surface area contributed by atoms with Crippen LogP contribution in [0.4, 0.5) is 0 Å². The zero-order valence-corrected chi connectivity index (χ0v) is 42.3. The summed E-state index contributed by atoms with van der Waals surface area (Å²) in [7, 11) is -3.07. The van der Waals surface area contributed by atoms with Gasteiger partial charge in [-0.1, -0.05) is 249 Å². The summed E-state index contributed by atoms with van der Waals surface area (Å²) >= 11 is 0. The lowest BCUT2D eigenvalue weighted by Crippen LogP contribution is -2.74. The topological polar surface area (TPSA) is 9.86 Å². The predicted molar refractivity (Wildman–Crippen MR) is 320 cm³/mol. The number of fused-ring (bicyclic) bond motifs is 6. The van der Waals surface area contributed by atoms with Crippen molar-refractivity contribution >= 4 is 72.4 Å². The maximum absolute atomic E-state index is 3.07. The zero-order valence-electron chi connectivity index (χ0n) is 41.3. The van der Waals surface area contributed by atoms with Crippen LogP contribution in [0.15, 0.2) is 303 Å². The molecule has 0 N–H and O–H groups in total. The fourth-order valence-corrected chi connectivity index (χ4v) is 16.9. The smallest absolute Gasteiger partial charge is 0.179 e. The van der Waals surface area contributed by atoms with Crippen molar-refractivity contribution in [1.29, 1.82) is 0 Å². The first-order chi connectivity index (χ1) is 37.2. The maximum atomic E-state index is 2.50. The van der Waals surface area contributed by atoms with Gasteiger partial charge in [0.25, 0.3) is 0 Å². The normalized spacial score (nSPS) is 11.7. The van der Waals surface area contributed by atoms with Crippen molar-refractivity contribution in [2.24, 2.45) is 0 Å². The molecule has 14 rings (SSSR count). The number of para-hydroxylation sites is 2. The Morgan fingerprint density at radius 3 is 1.24 bits per heavy atom. The van der Waals surface area contributed by atoms with Gasteiger partial charge in [-0.2, -0.15) is 0 Å². The van der Waals surface area contributed by atoms with E-state index >= 15 is 0 Å². The molecule has 0 aliphatic heterocycles. The molecule has 2 aromatic heterocycles. The molecule has 14 aromatic rings. The van der Waals surface area contributed by atoms with Gasteiger partial charge in [0.05, 0.1) is 22.1 Å². The summed E-state index contributed by atoms with van der Waals surface area (Å²) in [5, 5.41) is 10.3. The van der Waals surface area contributed by atoms with E-state index in [1.54, 1.807) is 0 Å². The second-order valence-electron chi connectivity index (χ2n) is 19.6. The van der Waals surface area contributed by atoms with E-state index in [4.69, 9.17) is 0 Å². The Balaban J connectivity index is 0.972. The van der Waals surface area contributed by atoms with Crippen LogP contribution in [0.1, 0.15) is 0 Å². The molecule has 0 atom stereocenters. The predicted octanol–water partition coefficient (Wildman–Crippen LogP) is 15.9. The number of benzene rings is 12. The minimum absolute atomic E-state index is 1.13. The number of aromatic nitrogens is 2. The summed E-state index contributed by atoms with van der Waals surface area (Å²) in [6.45, 7) is 0. The van der Waals surface area contributed by atoms with E-state index < -0.39 is 8.07 Å². The summed E-state index contributed by atoms with van der Waals surface area (Å²) in [6, 6.07) is 113. The van der Waals surface area contributed by atoms with E-state index in [0.717, 1.165) is 11.4 Å². The second kappa shape index (κ2) is 18.5. The summed E-state index contributed by atoms with van der Waals surface area (Å²) in [6.07, 6.45) is 0. The van der Waals surface area contributed by atoms with Gasteiger partial charge in [-0.15, -0.1) is 0 Å². The molecular weight excluding hydrogens is 921 g/mol. The molecule has 12 aromatic carbocycles. The van der Waals surface area contributed by atoms with Gasteiger partial charge in [0.2, 0.25) is 0 Å². The fraction of sp³-hybridized carbons (Fsp3) is 0. The average Bonchev–Trinajstić information content (AvgIpc) is 4.02. The number of hydrogen-bond donors (Lipinski definition) is 0. The van der Waals surface area contributed by atoms with Gasteiger partial charge < -0.3 is 9.13 Å². The van der Waals surface area contributed by atoms with Crippen molar-refractivity contribution in [3.63, 3.8) is 0 Å². The van der Waals surface area contributed by atoms with Gasteiger partial charge in [0, 0.05) is 32.9 Å². The minimum Gasteiger partial charge on any atom is -0.309 e. The molecular formula is C72H50N2Si. The van der Waals surface area contributed by atoms with Crippen molar-refractivity contribution in [3.8, 4) is 55.9 Å². The van der Waals surface area contributed by atoms with E-state index in [9.17, 15) is 0 Å². The van der Waals surface area contributed by atoms with E-state index in [1.165, 1.54) is 109 Å². The maximum Gasteiger partial charge on any atom is 0.179 e. The van der Waals surface area contributed by atoms with Crippen LogP contribution in [0.2, 0.25) is 0 Å². The SMILES string of the molecule is c1ccc(-c2cccc(-c3cccc4c3c3ccccc3n4-c3ccc4c(c3)c3ccccc3n4-c3cccc([Si](c4ccccc4)(c4cccc(-c5ccccc5)c4)c4cccc(-c5ccccc5)c4)c3)c2)cc1. The van der Waals surface area contributed by atoms with Gasteiger partial charge in [0.1, 0.15) is 0 Å². The van der Waals surface area contributed by atoms with Crippen molar-refractivity contribution < 1.29 is 0 Å². The lowest BCUT2D eigenvalue weighted by atomic mass is 9.96. The first kappa shape index (κ1) is 44.2. The van der Waals surface area contributed by atoms with Crippen LogP contribution in [-0.2, 0) is 0 Å². The molecule has 0 spiro atoms. The molecule has 0 amide bonds. The van der Waals surface area contributed by atoms with E-state index in [1.807, 2.05) is 0 Å². The summed E-state index contributed by atoms with van der Waals surface area (Å²) in [5.74, 6) is 0. The first-order valence-corrected chi connectivity index (χ1v) is 27.9. The molecule has 0 aliphatic carbocycles. The second-order valence-corrected chi connectivity index (χ2v) is 23.4. The Hall–Kier alpha value is -9.54. The van der Waals surface area contributed by atoms with Gasteiger partial charge in [-0.05, 0) is 120 Å². The third-order valence-corrected chi connectivity index (χ3v) is 20.2. The minimum atomic E-state index is -3.07. The molecule has 0 radical (unpaired) electrons. The van der Waals surface area contributed by atoms with Crippen molar-refractivity contribution in [1.82, 2.24) is 9.13 Å². The lowest BCUT2D eigenvalue weighted by Gasteiger charge is -2.35. The molecule has 0 saturated heterocycles. The van der Waals surface area contributed by atoms with E-state index in [-0.39, 0.29) is 0 Å². The Bertz CT molecular complexity index is 4320. The van der Waals surface area contributed by atoms with Gasteiger partial charge >= 0.3 is 0 Å². The van der Waals surface area contributed by atoms with Crippen LogP contribution >= 0.6 is 0 Å². The average molecular weight is 971 g/mol. The summed E-state index contributed by atoms with van der Waals surface area (Å²) < 4.78 is 4.96. The van der Waals surface area contributed by atoms with Crippen LogP contribution in [-0.4, -0.2) is 17.2 Å². The Morgan fingerprint density at radius 1 is 0.213 bits per heavy atom.